The zero-order valence-corrected chi connectivity index (χ0v) is 12.1. The molecule has 0 aliphatic heterocycles. The van der Waals surface area contributed by atoms with Gasteiger partial charge in [0.2, 0.25) is 5.91 Å². The number of primary amides is 1. The summed E-state index contributed by atoms with van der Waals surface area (Å²) >= 11 is 1.73. The van der Waals surface area contributed by atoms with Crippen LogP contribution < -0.4 is 11.1 Å². The Morgan fingerprint density at radius 3 is 2.67 bits per heavy atom. The van der Waals surface area contributed by atoms with Crippen molar-refractivity contribution < 1.29 is 4.79 Å². The summed E-state index contributed by atoms with van der Waals surface area (Å²) in [6, 6.07) is 8.31. The van der Waals surface area contributed by atoms with Crippen LogP contribution in [-0.4, -0.2) is 23.7 Å². The minimum atomic E-state index is -0.623. The molecule has 1 amide bonds. The van der Waals surface area contributed by atoms with E-state index in [1.807, 2.05) is 26.0 Å². The van der Waals surface area contributed by atoms with E-state index < -0.39 is 5.54 Å². The molecular formula is C14H22N2OS. The number of carbonyl (C=O) groups excluding carboxylic acids is 1. The normalized spacial score (nSPS) is 14.2. The summed E-state index contributed by atoms with van der Waals surface area (Å²) < 4.78 is 0. The van der Waals surface area contributed by atoms with Gasteiger partial charge in [0.05, 0.1) is 0 Å². The fraction of sp³-hybridized carbons (Fsp3) is 0.500. The van der Waals surface area contributed by atoms with E-state index in [4.69, 9.17) is 5.73 Å². The largest absolute Gasteiger partial charge is 0.368 e. The number of hydrogen-bond acceptors (Lipinski definition) is 3. The molecule has 18 heavy (non-hydrogen) atoms. The smallest absolute Gasteiger partial charge is 0.238 e. The molecule has 0 spiro atoms. The standard InChI is InChI=1S/C14H22N2OS/c1-4-16-14(3,13(15)17)10-18-9-12-8-6-5-7-11(12)2/h5-8,16H,4,9-10H2,1-3H3,(H2,15,17). The number of hydrogen-bond donors (Lipinski definition) is 2. The lowest BCUT2D eigenvalue weighted by Gasteiger charge is -2.26. The Balaban J connectivity index is 2.54. The molecule has 0 saturated carbocycles. The fourth-order valence-electron chi connectivity index (χ4n) is 1.74. The van der Waals surface area contributed by atoms with Gasteiger partial charge in [0.15, 0.2) is 0 Å². The molecule has 0 bridgehead atoms. The average molecular weight is 266 g/mol. The molecule has 0 fully saturated rings. The number of nitrogens with one attached hydrogen (secondary N) is 1. The van der Waals surface area contributed by atoms with Crippen LogP contribution >= 0.6 is 11.8 Å². The van der Waals surface area contributed by atoms with Gasteiger partial charge in [0.25, 0.3) is 0 Å². The number of aryl methyl sites for hydroxylation is 1. The second-order valence-electron chi connectivity index (χ2n) is 4.65. The van der Waals surface area contributed by atoms with E-state index in [2.05, 4.69) is 24.4 Å². The number of nitrogens with two attached hydrogens (primary N) is 1. The average Bonchev–Trinajstić information content (AvgIpc) is 2.32. The van der Waals surface area contributed by atoms with Gasteiger partial charge < -0.3 is 11.1 Å². The Labute approximate surface area is 114 Å². The van der Waals surface area contributed by atoms with Gasteiger partial charge in [-0.2, -0.15) is 11.8 Å². The Kier molecular flexibility index (Phi) is 5.69. The third-order valence-corrected chi connectivity index (χ3v) is 4.32. The quantitative estimate of drug-likeness (QED) is 0.794. The van der Waals surface area contributed by atoms with E-state index in [0.29, 0.717) is 5.75 Å². The first kappa shape index (κ1) is 15.1. The molecule has 0 aromatic heterocycles. The fourth-order valence-corrected chi connectivity index (χ4v) is 3.04. The van der Waals surface area contributed by atoms with Crippen LogP contribution in [0.5, 0.6) is 0 Å². The molecule has 1 unspecified atom stereocenters. The lowest BCUT2D eigenvalue weighted by atomic mass is 10.1. The minimum absolute atomic E-state index is 0.290. The third-order valence-electron chi connectivity index (χ3n) is 3.02. The monoisotopic (exact) mass is 266 g/mol. The summed E-state index contributed by atoms with van der Waals surface area (Å²) in [4.78, 5) is 11.5. The molecule has 1 aromatic carbocycles. The first-order chi connectivity index (χ1) is 8.49. The Bertz CT molecular complexity index is 409. The van der Waals surface area contributed by atoms with Crippen LogP contribution in [0.3, 0.4) is 0 Å². The lowest BCUT2D eigenvalue weighted by molar-refractivity contribution is -0.122. The van der Waals surface area contributed by atoms with Gasteiger partial charge in [0, 0.05) is 11.5 Å². The number of rotatable bonds is 7. The topological polar surface area (TPSA) is 55.1 Å². The van der Waals surface area contributed by atoms with Crippen molar-refractivity contribution in [3.63, 3.8) is 0 Å². The van der Waals surface area contributed by atoms with E-state index in [1.54, 1.807) is 11.8 Å². The molecule has 1 rings (SSSR count). The van der Waals surface area contributed by atoms with Crippen molar-refractivity contribution >= 4 is 17.7 Å². The van der Waals surface area contributed by atoms with Gasteiger partial charge >= 0.3 is 0 Å². The molecule has 3 N–H and O–H groups in total. The molecule has 0 radical (unpaired) electrons. The molecule has 0 heterocycles. The Morgan fingerprint density at radius 1 is 1.44 bits per heavy atom. The van der Waals surface area contributed by atoms with Gasteiger partial charge in [-0.3, -0.25) is 4.79 Å². The molecule has 100 valence electrons. The molecule has 1 aromatic rings. The summed E-state index contributed by atoms with van der Waals surface area (Å²) in [5.74, 6) is 1.30. The summed E-state index contributed by atoms with van der Waals surface area (Å²) in [6.07, 6.45) is 0. The Hall–Kier alpha value is -1.00. The first-order valence-electron chi connectivity index (χ1n) is 6.17. The zero-order valence-electron chi connectivity index (χ0n) is 11.3. The number of thioether (sulfide) groups is 1. The molecule has 0 aliphatic carbocycles. The van der Waals surface area contributed by atoms with Crippen LogP contribution in [0.4, 0.5) is 0 Å². The van der Waals surface area contributed by atoms with Crippen molar-refractivity contribution in [2.45, 2.75) is 32.1 Å². The van der Waals surface area contributed by atoms with Crippen molar-refractivity contribution in [3.05, 3.63) is 35.4 Å². The van der Waals surface area contributed by atoms with Gasteiger partial charge in [0.1, 0.15) is 5.54 Å². The highest BCUT2D eigenvalue weighted by Crippen LogP contribution is 2.20. The van der Waals surface area contributed by atoms with Crippen LogP contribution in [0.2, 0.25) is 0 Å². The maximum absolute atomic E-state index is 11.5. The summed E-state index contributed by atoms with van der Waals surface area (Å²) in [6.45, 7) is 6.69. The van der Waals surface area contributed by atoms with Crippen molar-refractivity contribution in [3.8, 4) is 0 Å². The van der Waals surface area contributed by atoms with Gasteiger partial charge in [-0.05, 0) is 31.5 Å². The van der Waals surface area contributed by atoms with Crippen LogP contribution in [0.1, 0.15) is 25.0 Å². The highest BCUT2D eigenvalue weighted by atomic mass is 32.2. The van der Waals surface area contributed by atoms with Crippen molar-refractivity contribution in [1.29, 1.82) is 0 Å². The van der Waals surface area contributed by atoms with Crippen molar-refractivity contribution in [2.24, 2.45) is 5.73 Å². The van der Waals surface area contributed by atoms with E-state index >= 15 is 0 Å². The maximum atomic E-state index is 11.5. The van der Waals surface area contributed by atoms with Crippen molar-refractivity contribution in [1.82, 2.24) is 5.32 Å². The van der Waals surface area contributed by atoms with E-state index in [9.17, 15) is 4.79 Å². The number of benzene rings is 1. The van der Waals surface area contributed by atoms with Crippen LogP contribution in [0.15, 0.2) is 24.3 Å². The minimum Gasteiger partial charge on any atom is -0.368 e. The van der Waals surface area contributed by atoms with Crippen LogP contribution in [-0.2, 0) is 10.5 Å². The number of carbonyl (C=O) groups is 1. The summed E-state index contributed by atoms with van der Waals surface area (Å²) in [5, 5.41) is 3.16. The van der Waals surface area contributed by atoms with Crippen LogP contribution in [0, 0.1) is 6.92 Å². The molecule has 1 atom stereocenters. The molecule has 3 nitrogen and oxygen atoms in total. The van der Waals surface area contributed by atoms with E-state index in [-0.39, 0.29) is 5.91 Å². The van der Waals surface area contributed by atoms with Gasteiger partial charge in [-0.15, -0.1) is 0 Å². The van der Waals surface area contributed by atoms with Crippen molar-refractivity contribution in [2.75, 3.05) is 12.3 Å². The zero-order chi connectivity index (χ0) is 13.6. The third kappa shape index (κ3) is 4.03. The SMILES string of the molecule is CCNC(C)(CSCc1ccccc1C)C(N)=O. The summed E-state index contributed by atoms with van der Waals surface area (Å²) in [5.41, 5.74) is 7.43. The number of amides is 1. The molecule has 0 saturated heterocycles. The molecular weight excluding hydrogens is 244 g/mol. The maximum Gasteiger partial charge on any atom is 0.238 e. The highest BCUT2D eigenvalue weighted by Gasteiger charge is 2.29. The van der Waals surface area contributed by atoms with Gasteiger partial charge in [-0.1, -0.05) is 31.2 Å². The first-order valence-corrected chi connectivity index (χ1v) is 7.32. The predicted octanol–water partition coefficient (Wildman–Crippen LogP) is 2.08. The predicted molar refractivity (Wildman–Crippen MR) is 78.6 cm³/mol. The van der Waals surface area contributed by atoms with E-state index in [1.165, 1.54) is 11.1 Å². The van der Waals surface area contributed by atoms with Crippen LogP contribution in [0.25, 0.3) is 0 Å². The second kappa shape index (κ2) is 6.81. The van der Waals surface area contributed by atoms with E-state index in [0.717, 1.165) is 12.3 Å². The Morgan fingerprint density at radius 2 is 2.11 bits per heavy atom. The van der Waals surface area contributed by atoms with Gasteiger partial charge in [-0.25, -0.2) is 0 Å². The molecule has 0 aliphatic rings. The lowest BCUT2D eigenvalue weighted by Crippen LogP contribution is -2.55. The second-order valence-corrected chi connectivity index (χ2v) is 5.63. The molecule has 4 heteroatoms. The highest BCUT2D eigenvalue weighted by molar-refractivity contribution is 7.98. The number of likely N-dealkylation sites (N-methyl/N-ethyl adjacent to an activating group) is 1. The summed E-state index contributed by atoms with van der Waals surface area (Å²) in [7, 11) is 0.